The van der Waals surface area contributed by atoms with Crippen molar-refractivity contribution in [2.75, 3.05) is 0 Å². The summed E-state index contributed by atoms with van der Waals surface area (Å²) in [4.78, 5) is 12.0. The Hall–Kier alpha value is -1.38. The zero-order chi connectivity index (χ0) is 15.0. The molecule has 0 amide bonds. The molecule has 0 heterocycles. The van der Waals surface area contributed by atoms with Gasteiger partial charge < -0.3 is 4.74 Å². The van der Waals surface area contributed by atoms with E-state index in [0.717, 1.165) is 32.1 Å². The van der Waals surface area contributed by atoms with E-state index >= 15 is 0 Å². The molecule has 0 fully saturated rings. The van der Waals surface area contributed by atoms with Crippen molar-refractivity contribution in [3.05, 3.63) is 35.6 Å². The summed E-state index contributed by atoms with van der Waals surface area (Å²) in [6.07, 6.45) is 4.98. The fraction of sp³-hybridized carbons (Fsp3) is 0.588. The number of rotatable bonds is 8. The second-order valence-electron chi connectivity index (χ2n) is 5.21. The van der Waals surface area contributed by atoms with Crippen LogP contribution in [0.15, 0.2) is 24.3 Å². The Balaban J connectivity index is 2.53. The molecule has 0 aliphatic heterocycles. The van der Waals surface area contributed by atoms with Crippen molar-refractivity contribution in [1.82, 2.24) is 0 Å². The largest absolute Gasteiger partial charge is 0.459 e. The summed E-state index contributed by atoms with van der Waals surface area (Å²) in [6, 6.07) is 5.65. The lowest BCUT2D eigenvalue weighted by Crippen LogP contribution is -2.18. The fourth-order valence-corrected chi connectivity index (χ4v) is 2.30. The van der Waals surface area contributed by atoms with Crippen molar-refractivity contribution >= 4 is 5.97 Å². The number of benzene rings is 1. The third kappa shape index (κ3) is 5.32. The first-order chi connectivity index (χ1) is 9.60. The number of halogens is 1. The fourth-order valence-electron chi connectivity index (χ4n) is 2.30. The average Bonchev–Trinajstić information content (AvgIpc) is 2.46. The topological polar surface area (TPSA) is 26.3 Å². The Morgan fingerprint density at radius 1 is 1.15 bits per heavy atom. The number of esters is 1. The third-order valence-corrected chi connectivity index (χ3v) is 3.84. The monoisotopic (exact) mass is 280 g/mol. The maximum atomic E-state index is 13.1. The van der Waals surface area contributed by atoms with E-state index in [9.17, 15) is 9.18 Å². The minimum absolute atomic E-state index is 0.0774. The zero-order valence-electron chi connectivity index (χ0n) is 12.7. The second-order valence-corrected chi connectivity index (χ2v) is 5.21. The summed E-state index contributed by atoms with van der Waals surface area (Å²) in [5.74, 6) is -0.151. The lowest BCUT2D eigenvalue weighted by atomic mass is 9.95. The first kappa shape index (κ1) is 16.7. The molecule has 112 valence electrons. The molecule has 3 heteroatoms. The van der Waals surface area contributed by atoms with E-state index in [1.54, 1.807) is 6.07 Å². The van der Waals surface area contributed by atoms with Gasteiger partial charge in [-0.1, -0.05) is 39.7 Å². The first-order valence-corrected chi connectivity index (χ1v) is 7.57. The van der Waals surface area contributed by atoms with Gasteiger partial charge in [0, 0.05) is 0 Å². The van der Waals surface area contributed by atoms with Crippen molar-refractivity contribution in [2.24, 2.45) is 5.92 Å². The Labute approximate surface area is 121 Å². The molecule has 0 bridgehead atoms. The van der Waals surface area contributed by atoms with Crippen LogP contribution in [0.2, 0.25) is 0 Å². The number of carbonyl (C=O) groups is 1. The Kier molecular flexibility index (Phi) is 7.27. The maximum Gasteiger partial charge on any atom is 0.338 e. The van der Waals surface area contributed by atoms with Crippen molar-refractivity contribution in [3.63, 3.8) is 0 Å². The van der Waals surface area contributed by atoms with Gasteiger partial charge in [-0.2, -0.15) is 0 Å². The van der Waals surface area contributed by atoms with Gasteiger partial charge in [-0.15, -0.1) is 0 Å². The highest BCUT2D eigenvalue weighted by Gasteiger charge is 2.16. The molecule has 0 saturated heterocycles. The zero-order valence-corrected chi connectivity index (χ0v) is 12.7. The highest BCUT2D eigenvalue weighted by atomic mass is 19.1. The summed E-state index contributed by atoms with van der Waals surface area (Å²) >= 11 is 0. The molecule has 20 heavy (non-hydrogen) atoms. The molecule has 0 radical (unpaired) electrons. The quantitative estimate of drug-likeness (QED) is 0.628. The third-order valence-electron chi connectivity index (χ3n) is 3.84. The van der Waals surface area contributed by atoms with Crippen LogP contribution in [-0.4, -0.2) is 12.1 Å². The molecule has 1 aromatic carbocycles. The van der Waals surface area contributed by atoms with Crippen LogP contribution >= 0.6 is 0 Å². The van der Waals surface area contributed by atoms with Crippen LogP contribution in [-0.2, 0) is 4.74 Å². The molecule has 0 spiro atoms. The molecule has 0 aliphatic carbocycles. The summed E-state index contributed by atoms with van der Waals surface area (Å²) in [7, 11) is 0. The smallest absolute Gasteiger partial charge is 0.338 e. The molecule has 0 N–H and O–H groups in total. The van der Waals surface area contributed by atoms with Crippen LogP contribution in [0, 0.1) is 11.7 Å². The standard InChI is InChI=1S/C17H25FO2/c1-4-13(5-2)10-11-16(6-3)20-17(19)14-8-7-9-15(18)12-14/h7-9,12-13,16H,4-6,10-11H2,1-3H3. The van der Waals surface area contributed by atoms with Crippen molar-refractivity contribution in [1.29, 1.82) is 0 Å². The molecule has 0 aromatic heterocycles. The van der Waals surface area contributed by atoms with Crippen LogP contribution in [0.25, 0.3) is 0 Å². The number of hydrogen-bond acceptors (Lipinski definition) is 2. The van der Waals surface area contributed by atoms with Crippen molar-refractivity contribution in [2.45, 2.75) is 59.0 Å². The minimum Gasteiger partial charge on any atom is -0.459 e. The molecule has 1 unspecified atom stereocenters. The molecule has 1 aromatic rings. The predicted molar refractivity (Wildman–Crippen MR) is 79.2 cm³/mol. The molecule has 2 nitrogen and oxygen atoms in total. The van der Waals surface area contributed by atoms with E-state index < -0.39 is 11.8 Å². The lowest BCUT2D eigenvalue weighted by Gasteiger charge is -2.19. The van der Waals surface area contributed by atoms with Crippen LogP contribution in [0.3, 0.4) is 0 Å². The summed E-state index contributed by atoms with van der Waals surface area (Å²) in [6.45, 7) is 6.39. The number of ether oxygens (including phenoxy) is 1. The SMILES string of the molecule is CCC(CC)CCC(CC)OC(=O)c1cccc(F)c1. The lowest BCUT2D eigenvalue weighted by molar-refractivity contribution is 0.0256. The Bertz CT molecular complexity index is 413. The van der Waals surface area contributed by atoms with E-state index in [0.29, 0.717) is 5.92 Å². The minimum atomic E-state index is -0.430. The molecular weight excluding hydrogens is 255 g/mol. The molecule has 1 rings (SSSR count). The van der Waals surface area contributed by atoms with Crippen LogP contribution in [0.4, 0.5) is 4.39 Å². The predicted octanol–water partition coefficient (Wildman–Crippen LogP) is 4.98. The van der Waals surface area contributed by atoms with E-state index in [1.807, 2.05) is 6.92 Å². The molecule has 0 saturated carbocycles. The van der Waals surface area contributed by atoms with Crippen LogP contribution in [0.1, 0.15) is 63.2 Å². The van der Waals surface area contributed by atoms with Crippen molar-refractivity contribution < 1.29 is 13.9 Å². The van der Waals surface area contributed by atoms with Gasteiger partial charge in [0.2, 0.25) is 0 Å². The van der Waals surface area contributed by atoms with Crippen LogP contribution < -0.4 is 0 Å². The van der Waals surface area contributed by atoms with Gasteiger partial charge in [-0.05, 0) is 43.4 Å². The normalized spacial score (nSPS) is 12.4. The molecule has 1 atom stereocenters. The van der Waals surface area contributed by atoms with Gasteiger partial charge in [-0.3, -0.25) is 0 Å². The van der Waals surface area contributed by atoms with E-state index in [2.05, 4.69) is 13.8 Å². The second kappa shape index (κ2) is 8.72. The van der Waals surface area contributed by atoms with Gasteiger partial charge >= 0.3 is 5.97 Å². The highest BCUT2D eigenvalue weighted by Crippen LogP contribution is 2.19. The Morgan fingerprint density at radius 2 is 1.85 bits per heavy atom. The average molecular weight is 280 g/mol. The van der Waals surface area contributed by atoms with Gasteiger partial charge in [-0.25, -0.2) is 9.18 Å². The van der Waals surface area contributed by atoms with E-state index in [1.165, 1.54) is 18.2 Å². The number of carbonyl (C=O) groups excluding carboxylic acids is 1. The summed E-state index contributed by atoms with van der Waals surface area (Å²) < 4.78 is 18.6. The van der Waals surface area contributed by atoms with E-state index in [-0.39, 0.29) is 11.7 Å². The van der Waals surface area contributed by atoms with Crippen LogP contribution in [0.5, 0.6) is 0 Å². The Morgan fingerprint density at radius 3 is 2.40 bits per heavy atom. The highest BCUT2D eigenvalue weighted by molar-refractivity contribution is 5.89. The number of hydrogen-bond donors (Lipinski definition) is 0. The van der Waals surface area contributed by atoms with Crippen molar-refractivity contribution in [3.8, 4) is 0 Å². The maximum absolute atomic E-state index is 13.1. The molecule has 0 aliphatic rings. The van der Waals surface area contributed by atoms with Gasteiger partial charge in [0.15, 0.2) is 0 Å². The van der Waals surface area contributed by atoms with Gasteiger partial charge in [0.25, 0.3) is 0 Å². The molecular formula is C17H25FO2. The van der Waals surface area contributed by atoms with Gasteiger partial charge in [0.1, 0.15) is 11.9 Å². The first-order valence-electron chi connectivity index (χ1n) is 7.57. The van der Waals surface area contributed by atoms with Gasteiger partial charge in [0.05, 0.1) is 5.56 Å². The summed E-state index contributed by atoms with van der Waals surface area (Å²) in [5, 5.41) is 0. The summed E-state index contributed by atoms with van der Waals surface area (Å²) in [5.41, 5.74) is 0.283. The van der Waals surface area contributed by atoms with E-state index in [4.69, 9.17) is 4.74 Å².